The predicted octanol–water partition coefficient (Wildman–Crippen LogP) is 6.22. The highest BCUT2D eigenvalue weighted by atomic mass is 16.7. The normalized spacial score (nSPS) is 13.5. The van der Waals surface area contributed by atoms with Crippen molar-refractivity contribution in [3.05, 3.63) is 54.1 Å². The fourth-order valence-electron chi connectivity index (χ4n) is 3.74. The summed E-state index contributed by atoms with van der Waals surface area (Å²) in [5, 5.41) is 0. The zero-order chi connectivity index (χ0) is 33.1. The van der Waals surface area contributed by atoms with Gasteiger partial charge in [-0.05, 0) is 47.6 Å². The summed E-state index contributed by atoms with van der Waals surface area (Å²) in [7, 11) is 1.18. The molecule has 44 heavy (non-hydrogen) atoms. The summed E-state index contributed by atoms with van der Waals surface area (Å²) in [6.07, 6.45) is -4.15. The lowest BCUT2D eigenvalue weighted by atomic mass is 9.86. The molecule has 0 saturated carbocycles. The van der Waals surface area contributed by atoms with Crippen molar-refractivity contribution >= 4 is 24.4 Å². The van der Waals surface area contributed by atoms with Crippen molar-refractivity contribution in [3.8, 4) is 17.2 Å². The van der Waals surface area contributed by atoms with Gasteiger partial charge in [-0.1, -0.05) is 65.8 Å². The molecule has 0 heterocycles. The molecule has 0 radical (unpaired) electrons. The van der Waals surface area contributed by atoms with Crippen LogP contribution in [0, 0.1) is 10.8 Å². The third-order valence-corrected chi connectivity index (χ3v) is 5.65. The summed E-state index contributed by atoms with van der Waals surface area (Å²) >= 11 is 0. The summed E-state index contributed by atoms with van der Waals surface area (Å²) in [6.45, 7) is 13.0. The van der Waals surface area contributed by atoms with Crippen LogP contribution in [0.5, 0.6) is 17.2 Å². The number of benzene rings is 2. The Bertz CT molecular complexity index is 1280. The van der Waals surface area contributed by atoms with E-state index in [0.29, 0.717) is 5.56 Å². The second-order valence-electron chi connectivity index (χ2n) is 12.8. The Hall–Kier alpha value is -4.32. The van der Waals surface area contributed by atoms with Crippen molar-refractivity contribution < 1.29 is 52.3 Å². The average Bonchev–Trinajstić information content (AvgIpc) is 2.91. The summed E-state index contributed by atoms with van der Waals surface area (Å²) in [5.74, 6) is -0.782. The van der Waals surface area contributed by atoms with E-state index in [2.05, 4.69) is 0 Å². The number of hydrogen-bond donors (Lipinski definition) is 1. The first kappa shape index (κ1) is 35.9. The molecule has 0 aromatic heterocycles. The SMILES string of the molecule is COC(=O)[C@](N)(Cc1ccc(OC(=O)OCC(C)(C)C)c(OC(=O)OCC(C)(C)C)c1)CC(C)OC(=O)Oc1ccccc1. The molecule has 0 fully saturated rings. The van der Waals surface area contributed by atoms with Crippen molar-refractivity contribution in [2.45, 2.75) is 73.0 Å². The van der Waals surface area contributed by atoms with E-state index in [1.54, 1.807) is 37.3 Å². The third kappa shape index (κ3) is 12.9. The molecule has 0 bridgehead atoms. The molecule has 0 aliphatic carbocycles. The second kappa shape index (κ2) is 15.4. The summed E-state index contributed by atoms with van der Waals surface area (Å²) in [5.41, 5.74) is 4.60. The minimum absolute atomic E-state index is 0.0637. The number of carbonyl (C=O) groups is 4. The van der Waals surface area contributed by atoms with Gasteiger partial charge in [-0.2, -0.15) is 0 Å². The zero-order valence-corrected chi connectivity index (χ0v) is 26.6. The highest BCUT2D eigenvalue weighted by Crippen LogP contribution is 2.32. The van der Waals surface area contributed by atoms with E-state index in [1.807, 2.05) is 41.5 Å². The lowest BCUT2D eigenvalue weighted by Gasteiger charge is -2.29. The fraction of sp³-hybridized carbons (Fsp3) is 0.500. The summed E-state index contributed by atoms with van der Waals surface area (Å²) in [4.78, 5) is 50.0. The second-order valence-corrected chi connectivity index (χ2v) is 12.8. The molecule has 0 aliphatic rings. The summed E-state index contributed by atoms with van der Waals surface area (Å²) < 4.78 is 36.5. The van der Waals surface area contributed by atoms with E-state index < -0.39 is 36.1 Å². The minimum Gasteiger partial charge on any atom is -0.468 e. The maximum absolute atomic E-state index is 12.8. The van der Waals surface area contributed by atoms with Crippen LogP contribution in [0.1, 0.15) is 60.5 Å². The molecule has 12 nitrogen and oxygen atoms in total. The Labute approximate surface area is 258 Å². The van der Waals surface area contributed by atoms with Crippen LogP contribution in [0.4, 0.5) is 14.4 Å². The number of rotatable bonds is 11. The predicted molar refractivity (Wildman–Crippen MR) is 160 cm³/mol. The molecule has 2 aromatic rings. The van der Waals surface area contributed by atoms with Crippen LogP contribution >= 0.6 is 0 Å². The quantitative estimate of drug-likeness (QED) is 0.173. The monoisotopic (exact) mass is 617 g/mol. The average molecular weight is 618 g/mol. The number of ether oxygens (including phenoxy) is 7. The van der Waals surface area contributed by atoms with Gasteiger partial charge in [0.15, 0.2) is 11.5 Å². The molecular formula is C32H43NO11. The van der Waals surface area contributed by atoms with Gasteiger partial charge in [-0.15, -0.1) is 0 Å². The Morgan fingerprint density at radius 2 is 1.30 bits per heavy atom. The standard InChI is InChI=1S/C32H43NO11/c1-21(41-29(37)42-23-12-10-9-11-13-23)17-32(33,26(34)38-8)18-22-14-15-24(43-27(35)39-19-30(2,3)4)25(16-22)44-28(36)40-20-31(5,6)7/h9-16,21H,17-20,33H2,1-8H3/t21?,32-/m1/s1. The van der Waals surface area contributed by atoms with Gasteiger partial charge in [-0.3, -0.25) is 4.79 Å². The summed E-state index contributed by atoms with van der Waals surface area (Å²) in [6, 6.07) is 12.6. The van der Waals surface area contributed by atoms with Gasteiger partial charge in [0.25, 0.3) is 0 Å². The van der Waals surface area contributed by atoms with Crippen LogP contribution in [-0.4, -0.2) is 56.4 Å². The van der Waals surface area contributed by atoms with E-state index >= 15 is 0 Å². The van der Waals surface area contributed by atoms with Crippen LogP contribution in [0.25, 0.3) is 0 Å². The molecule has 0 aliphatic heterocycles. The van der Waals surface area contributed by atoms with Crippen molar-refractivity contribution in [2.75, 3.05) is 20.3 Å². The minimum atomic E-state index is -1.68. The van der Waals surface area contributed by atoms with E-state index in [4.69, 9.17) is 38.9 Å². The van der Waals surface area contributed by atoms with Gasteiger partial charge in [0, 0.05) is 12.8 Å². The number of hydrogen-bond acceptors (Lipinski definition) is 12. The molecular weight excluding hydrogens is 574 g/mol. The Balaban J connectivity index is 2.27. The van der Waals surface area contributed by atoms with Gasteiger partial charge in [-0.25, -0.2) is 14.4 Å². The molecule has 0 saturated heterocycles. The Morgan fingerprint density at radius 1 is 0.750 bits per heavy atom. The van der Waals surface area contributed by atoms with Crippen LogP contribution < -0.4 is 19.9 Å². The van der Waals surface area contributed by atoms with Crippen molar-refractivity contribution in [3.63, 3.8) is 0 Å². The molecule has 2 N–H and O–H groups in total. The van der Waals surface area contributed by atoms with Gasteiger partial charge in [0.2, 0.25) is 0 Å². The maximum atomic E-state index is 12.8. The lowest BCUT2D eigenvalue weighted by molar-refractivity contribution is -0.148. The fourth-order valence-corrected chi connectivity index (χ4v) is 3.74. The smallest absolute Gasteiger partial charge is 0.468 e. The molecule has 1 unspecified atom stereocenters. The van der Waals surface area contributed by atoms with E-state index in [9.17, 15) is 19.2 Å². The highest BCUT2D eigenvalue weighted by Gasteiger charge is 2.38. The number of nitrogens with two attached hydrogens (primary N) is 1. The molecule has 0 spiro atoms. The first-order valence-corrected chi connectivity index (χ1v) is 14.0. The van der Waals surface area contributed by atoms with Crippen molar-refractivity contribution in [2.24, 2.45) is 16.6 Å². The topological polar surface area (TPSA) is 159 Å². The zero-order valence-electron chi connectivity index (χ0n) is 26.6. The molecule has 0 amide bonds. The number of carbonyl (C=O) groups excluding carboxylic acids is 4. The maximum Gasteiger partial charge on any atom is 0.514 e. The molecule has 2 aromatic carbocycles. The molecule has 242 valence electrons. The van der Waals surface area contributed by atoms with Gasteiger partial charge in [0.05, 0.1) is 20.3 Å². The largest absolute Gasteiger partial charge is 0.514 e. The van der Waals surface area contributed by atoms with E-state index in [-0.39, 0.29) is 54.1 Å². The van der Waals surface area contributed by atoms with Crippen LogP contribution in [-0.2, 0) is 30.2 Å². The van der Waals surface area contributed by atoms with Crippen molar-refractivity contribution in [1.29, 1.82) is 0 Å². The van der Waals surface area contributed by atoms with Crippen LogP contribution in [0.15, 0.2) is 48.5 Å². The number of methoxy groups -OCH3 is 1. The van der Waals surface area contributed by atoms with Gasteiger partial charge < -0.3 is 38.9 Å². The molecule has 2 rings (SSSR count). The first-order chi connectivity index (χ1) is 20.4. The van der Waals surface area contributed by atoms with E-state index in [1.165, 1.54) is 25.3 Å². The molecule has 12 heteroatoms. The van der Waals surface area contributed by atoms with Gasteiger partial charge >= 0.3 is 24.4 Å². The van der Waals surface area contributed by atoms with Crippen LogP contribution in [0.3, 0.4) is 0 Å². The Kier molecular flexibility index (Phi) is 12.6. The van der Waals surface area contributed by atoms with Crippen molar-refractivity contribution in [1.82, 2.24) is 0 Å². The first-order valence-electron chi connectivity index (χ1n) is 14.0. The van der Waals surface area contributed by atoms with Crippen LogP contribution in [0.2, 0.25) is 0 Å². The highest BCUT2D eigenvalue weighted by molar-refractivity contribution is 5.81. The third-order valence-electron chi connectivity index (χ3n) is 5.65. The van der Waals surface area contributed by atoms with E-state index in [0.717, 1.165) is 0 Å². The number of para-hydroxylation sites is 1. The van der Waals surface area contributed by atoms with Gasteiger partial charge in [0.1, 0.15) is 17.4 Å². The molecule has 2 atom stereocenters. The Morgan fingerprint density at radius 3 is 1.82 bits per heavy atom. The lowest BCUT2D eigenvalue weighted by Crippen LogP contribution is -2.53. The number of esters is 1.